The number of anilines is 1. The molecular weight excluding hydrogens is 499 g/mol. The number of nitrogens with two attached hydrogens (primary N) is 1. The van der Waals surface area contributed by atoms with Crippen LogP contribution in [0.5, 0.6) is 17.2 Å². The average Bonchev–Trinajstić information content (AvgIpc) is 2.81. The Kier molecular flexibility index (Phi) is 7.57. The molecule has 178 valence electrons. The third-order valence-corrected chi connectivity index (χ3v) is 5.77. The molecule has 0 spiro atoms. The first kappa shape index (κ1) is 25.5. The zero-order valence-corrected chi connectivity index (χ0v) is 19.6. The van der Waals surface area contributed by atoms with Crippen molar-refractivity contribution in [1.29, 1.82) is 10.5 Å². The molecule has 0 aliphatic rings. The number of aryl methyl sites for hydroxylation is 1. The summed E-state index contributed by atoms with van der Waals surface area (Å²) < 4.78 is 48.6. The molecule has 9 nitrogen and oxygen atoms in total. The largest absolute Gasteiger partial charge is 0.481 e. The van der Waals surface area contributed by atoms with Crippen LogP contribution in [-0.4, -0.2) is 20.9 Å². The molecule has 0 saturated carbocycles. The van der Waals surface area contributed by atoms with Crippen LogP contribution in [0.3, 0.4) is 0 Å². The van der Waals surface area contributed by atoms with Gasteiger partial charge in [-0.15, -0.1) is 0 Å². The highest BCUT2D eigenvalue weighted by molar-refractivity contribution is 7.89. The number of ether oxygens (including phenoxy) is 2. The van der Waals surface area contributed by atoms with Crippen molar-refractivity contribution in [3.8, 4) is 29.4 Å². The first-order valence-electron chi connectivity index (χ1n) is 9.69. The maximum absolute atomic E-state index is 15.0. The van der Waals surface area contributed by atoms with Gasteiger partial charge >= 0.3 is 0 Å². The molecule has 0 unspecified atom stereocenters. The van der Waals surface area contributed by atoms with Crippen molar-refractivity contribution in [3.63, 3.8) is 0 Å². The maximum Gasteiger partial charge on any atom is 0.262 e. The smallest absolute Gasteiger partial charge is 0.262 e. The fraction of sp³-hybridized carbons (Fsp3) is 0.0870. The van der Waals surface area contributed by atoms with Crippen LogP contribution in [0.2, 0.25) is 5.02 Å². The van der Waals surface area contributed by atoms with E-state index in [1.807, 2.05) is 12.1 Å². The summed E-state index contributed by atoms with van der Waals surface area (Å²) in [5, 5.41) is 25.7. The van der Waals surface area contributed by atoms with Gasteiger partial charge in [-0.3, -0.25) is 4.79 Å². The summed E-state index contributed by atoms with van der Waals surface area (Å²) in [7, 11) is -3.89. The third kappa shape index (κ3) is 6.25. The predicted molar refractivity (Wildman–Crippen MR) is 124 cm³/mol. The van der Waals surface area contributed by atoms with Crippen molar-refractivity contribution in [3.05, 3.63) is 76.1 Å². The number of hydrogen-bond donors (Lipinski definition) is 2. The summed E-state index contributed by atoms with van der Waals surface area (Å²) in [4.78, 5) is 12.2. The maximum atomic E-state index is 15.0. The van der Waals surface area contributed by atoms with E-state index in [1.165, 1.54) is 48.5 Å². The van der Waals surface area contributed by atoms with Gasteiger partial charge in [0.2, 0.25) is 15.8 Å². The van der Waals surface area contributed by atoms with Gasteiger partial charge in [0.25, 0.3) is 5.91 Å². The topological polar surface area (TPSA) is 155 Å². The van der Waals surface area contributed by atoms with Crippen LogP contribution >= 0.6 is 11.6 Å². The molecule has 3 aromatic carbocycles. The third-order valence-electron chi connectivity index (χ3n) is 4.56. The molecule has 3 rings (SSSR count). The Morgan fingerprint density at radius 1 is 1.11 bits per heavy atom. The van der Waals surface area contributed by atoms with Gasteiger partial charge in [-0.25, -0.2) is 13.6 Å². The highest BCUT2D eigenvalue weighted by Gasteiger charge is 2.18. The molecule has 0 atom stereocenters. The van der Waals surface area contributed by atoms with Gasteiger partial charge in [0.1, 0.15) is 5.75 Å². The standard InChI is InChI=1S/C23H16ClFN4O5S/c1-13-6-17(35(28,31)32)2-4-19(13)29-21(30)12-33-20-5-3-18(24)23(22(20)25)34-16-8-14(10-26)7-15(9-16)11-27/h2-9H,12H2,1H3,(H,29,30)(H2,28,31,32). The molecule has 1 amide bonds. The Hall–Kier alpha value is -4.16. The van der Waals surface area contributed by atoms with E-state index in [9.17, 15) is 13.2 Å². The van der Waals surface area contributed by atoms with Gasteiger partial charge in [-0.2, -0.15) is 14.9 Å². The number of amides is 1. The number of sulfonamides is 1. The average molecular weight is 515 g/mol. The zero-order chi connectivity index (χ0) is 25.8. The van der Waals surface area contributed by atoms with Crippen LogP contribution in [0, 0.1) is 35.4 Å². The molecule has 12 heteroatoms. The summed E-state index contributed by atoms with van der Waals surface area (Å²) in [5.74, 6) is -2.39. The van der Waals surface area contributed by atoms with Crippen molar-refractivity contribution in [2.24, 2.45) is 5.14 Å². The van der Waals surface area contributed by atoms with Crippen molar-refractivity contribution >= 4 is 33.2 Å². The molecule has 0 saturated heterocycles. The molecule has 0 radical (unpaired) electrons. The van der Waals surface area contributed by atoms with Gasteiger partial charge in [-0.1, -0.05) is 11.6 Å². The molecule has 0 bridgehead atoms. The Labute approximate surface area is 205 Å². The van der Waals surface area contributed by atoms with E-state index in [4.69, 9.17) is 36.7 Å². The number of benzene rings is 3. The second-order valence-corrected chi connectivity index (χ2v) is 9.09. The van der Waals surface area contributed by atoms with Crippen molar-refractivity contribution < 1.29 is 27.1 Å². The minimum Gasteiger partial charge on any atom is -0.481 e. The van der Waals surface area contributed by atoms with E-state index < -0.39 is 34.1 Å². The van der Waals surface area contributed by atoms with Gasteiger partial charge < -0.3 is 14.8 Å². The minimum absolute atomic E-state index is 0.00899. The molecule has 0 aliphatic heterocycles. The van der Waals surface area contributed by atoms with E-state index in [1.54, 1.807) is 6.92 Å². The van der Waals surface area contributed by atoms with Gasteiger partial charge in [-0.05, 0) is 61.0 Å². The lowest BCUT2D eigenvalue weighted by Crippen LogP contribution is -2.21. The fourth-order valence-corrected chi connectivity index (χ4v) is 3.69. The van der Waals surface area contributed by atoms with Gasteiger partial charge in [0.05, 0.1) is 33.2 Å². The Morgan fingerprint density at radius 3 is 2.34 bits per heavy atom. The summed E-state index contributed by atoms with van der Waals surface area (Å²) >= 11 is 6.05. The highest BCUT2D eigenvalue weighted by atomic mass is 35.5. The zero-order valence-electron chi connectivity index (χ0n) is 18.0. The molecule has 0 aliphatic carbocycles. The van der Waals surface area contributed by atoms with E-state index >= 15 is 4.39 Å². The molecule has 3 N–H and O–H groups in total. The first-order chi connectivity index (χ1) is 16.5. The lowest BCUT2D eigenvalue weighted by molar-refractivity contribution is -0.118. The first-order valence-corrected chi connectivity index (χ1v) is 11.6. The summed E-state index contributed by atoms with van der Waals surface area (Å²) in [6, 6.07) is 14.1. The number of rotatable bonds is 7. The molecule has 0 aromatic heterocycles. The number of nitriles is 2. The van der Waals surface area contributed by atoms with Crippen LogP contribution in [0.1, 0.15) is 16.7 Å². The number of carbonyl (C=O) groups is 1. The normalized spacial score (nSPS) is 10.7. The molecule has 0 fully saturated rings. The van der Waals surface area contributed by atoms with Crippen LogP contribution in [-0.2, 0) is 14.8 Å². The summed E-state index contributed by atoms with van der Waals surface area (Å²) in [6.07, 6.45) is 0. The number of primary sulfonamides is 1. The van der Waals surface area contributed by atoms with Gasteiger partial charge in [0, 0.05) is 5.69 Å². The monoisotopic (exact) mass is 514 g/mol. The van der Waals surface area contributed by atoms with Crippen LogP contribution in [0.25, 0.3) is 0 Å². The second kappa shape index (κ2) is 10.4. The van der Waals surface area contributed by atoms with Crippen LogP contribution < -0.4 is 19.9 Å². The van der Waals surface area contributed by atoms with E-state index in [0.29, 0.717) is 11.3 Å². The lowest BCUT2D eigenvalue weighted by Gasteiger charge is -2.14. The number of nitrogens with zero attached hydrogens (tertiary/aromatic N) is 2. The number of carbonyl (C=O) groups excluding carboxylic acids is 1. The minimum atomic E-state index is -3.89. The summed E-state index contributed by atoms with van der Waals surface area (Å²) in [6.45, 7) is 0.990. The van der Waals surface area contributed by atoms with Gasteiger partial charge in [0.15, 0.2) is 18.1 Å². The summed E-state index contributed by atoms with van der Waals surface area (Å²) in [5.41, 5.74) is 1.02. The molecule has 3 aromatic rings. The lowest BCUT2D eigenvalue weighted by atomic mass is 10.1. The van der Waals surface area contributed by atoms with Crippen LogP contribution in [0.4, 0.5) is 10.1 Å². The fourth-order valence-electron chi connectivity index (χ4n) is 2.91. The Morgan fingerprint density at radius 2 is 1.77 bits per heavy atom. The number of halogens is 2. The van der Waals surface area contributed by atoms with E-state index in [0.717, 1.165) is 0 Å². The van der Waals surface area contributed by atoms with Crippen molar-refractivity contribution in [1.82, 2.24) is 0 Å². The Balaban J connectivity index is 1.75. The van der Waals surface area contributed by atoms with Crippen molar-refractivity contribution in [2.45, 2.75) is 11.8 Å². The number of nitrogens with one attached hydrogen (secondary N) is 1. The second-order valence-electron chi connectivity index (χ2n) is 7.12. The molecule has 35 heavy (non-hydrogen) atoms. The Bertz CT molecular complexity index is 1480. The molecular formula is C23H16ClFN4O5S. The highest BCUT2D eigenvalue weighted by Crippen LogP contribution is 2.37. The van der Waals surface area contributed by atoms with Crippen LogP contribution in [0.15, 0.2) is 53.4 Å². The number of hydrogen-bond acceptors (Lipinski definition) is 7. The predicted octanol–water partition coefficient (Wildman–Crippen LogP) is 3.99. The quantitative estimate of drug-likeness (QED) is 0.482. The molecule has 0 heterocycles. The SMILES string of the molecule is Cc1cc(S(N)(=O)=O)ccc1NC(=O)COc1ccc(Cl)c(Oc2cc(C#N)cc(C#N)c2)c1F. The van der Waals surface area contributed by atoms with E-state index in [-0.39, 0.29) is 32.5 Å². The van der Waals surface area contributed by atoms with Crippen molar-refractivity contribution in [2.75, 3.05) is 11.9 Å². The van der Waals surface area contributed by atoms with E-state index in [2.05, 4.69) is 5.32 Å².